The Morgan fingerprint density at radius 1 is 1.62 bits per heavy atom. The van der Waals surface area contributed by atoms with E-state index in [1.165, 1.54) is 0 Å². The van der Waals surface area contributed by atoms with E-state index in [9.17, 15) is 0 Å². The summed E-state index contributed by atoms with van der Waals surface area (Å²) in [6.45, 7) is 9.25. The van der Waals surface area contributed by atoms with Gasteiger partial charge >= 0.3 is 0 Å². The maximum atomic E-state index is 3.71. The zero-order chi connectivity index (χ0) is 6.41. The Bertz CT molecular complexity index is 107. The first-order valence-electron chi connectivity index (χ1n) is 2.70. The van der Waals surface area contributed by atoms with Gasteiger partial charge in [0.15, 0.2) is 0 Å². The normalized spacial score (nSPS) is 9.62. The number of hydrogen-bond acceptors (Lipinski definition) is 0. The maximum Gasteiger partial charge on any atom is -0.0169 e. The van der Waals surface area contributed by atoms with Gasteiger partial charge in [-0.15, -0.1) is 6.58 Å². The molecule has 0 unspecified atom stereocenters. The van der Waals surface area contributed by atoms with Crippen molar-refractivity contribution < 1.29 is 0 Å². The van der Waals surface area contributed by atoms with Gasteiger partial charge in [-0.2, -0.15) is 0 Å². The standard InChI is InChI=1S/C8H12/c1-4-5-6-7-8(2)3/h4,6-7H,1-2,5H2,3H3/b7-6-. The van der Waals surface area contributed by atoms with Gasteiger partial charge in [0.25, 0.3) is 0 Å². The third-order valence-corrected chi connectivity index (χ3v) is 0.705. The second-order valence-corrected chi connectivity index (χ2v) is 1.77. The number of rotatable bonds is 3. The van der Waals surface area contributed by atoms with Gasteiger partial charge in [0, 0.05) is 0 Å². The summed E-state index contributed by atoms with van der Waals surface area (Å²) in [4.78, 5) is 0. The molecule has 0 aliphatic carbocycles. The van der Waals surface area contributed by atoms with Gasteiger partial charge < -0.3 is 0 Å². The molecule has 0 aromatic rings. The third-order valence-electron chi connectivity index (χ3n) is 0.705. The fourth-order valence-electron chi connectivity index (χ4n) is 0.365. The van der Waals surface area contributed by atoms with Gasteiger partial charge in [0.2, 0.25) is 0 Å². The molecule has 0 atom stereocenters. The molecule has 0 saturated carbocycles. The second-order valence-electron chi connectivity index (χ2n) is 1.77. The van der Waals surface area contributed by atoms with Crippen LogP contribution in [-0.2, 0) is 0 Å². The molecule has 0 amide bonds. The van der Waals surface area contributed by atoms with Crippen LogP contribution in [0.5, 0.6) is 0 Å². The summed E-state index contributed by atoms with van der Waals surface area (Å²) in [5.41, 5.74) is 1.09. The Labute approximate surface area is 51.2 Å². The Kier molecular flexibility index (Phi) is 3.95. The van der Waals surface area contributed by atoms with Crippen molar-refractivity contribution in [2.75, 3.05) is 0 Å². The molecule has 0 fully saturated rings. The zero-order valence-corrected chi connectivity index (χ0v) is 5.35. The van der Waals surface area contributed by atoms with E-state index in [4.69, 9.17) is 0 Å². The predicted octanol–water partition coefficient (Wildman–Crippen LogP) is 2.69. The lowest BCUT2D eigenvalue weighted by Crippen LogP contribution is -1.59. The van der Waals surface area contributed by atoms with Crippen LogP contribution in [0, 0.1) is 0 Å². The lowest BCUT2D eigenvalue weighted by molar-refractivity contribution is 1.38. The van der Waals surface area contributed by atoms with E-state index in [-0.39, 0.29) is 0 Å². The first-order valence-corrected chi connectivity index (χ1v) is 2.70. The molecule has 8 heavy (non-hydrogen) atoms. The highest BCUT2D eigenvalue weighted by molar-refractivity contribution is 5.11. The highest BCUT2D eigenvalue weighted by atomic mass is 13.8. The van der Waals surface area contributed by atoms with Gasteiger partial charge in [0.1, 0.15) is 0 Å². The van der Waals surface area contributed by atoms with Gasteiger partial charge in [-0.3, -0.25) is 0 Å². The molecule has 0 heterocycles. The van der Waals surface area contributed by atoms with Crippen molar-refractivity contribution in [3.63, 3.8) is 0 Å². The van der Waals surface area contributed by atoms with Crippen molar-refractivity contribution in [3.8, 4) is 0 Å². The summed E-state index contributed by atoms with van der Waals surface area (Å²) in [6, 6.07) is 0. The SMILES string of the molecule is C=CC/C=C\C(=C)C. The fraction of sp³-hybridized carbons (Fsp3) is 0.250. The molecule has 0 aromatic heterocycles. The number of hydrogen-bond donors (Lipinski definition) is 0. The molecule has 0 rings (SSSR count). The van der Waals surface area contributed by atoms with E-state index in [1.54, 1.807) is 0 Å². The van der Waals surface area contributed by atoms with Crippen LogP contribution in [-0.4, -0.2) is 0 Å². The van der Waals surface area contributed by atoms with Gasteiger partial charge in [-0.05, 0) is 13.3 Å². The van der Waals surface area contributed by atoms with Crippen molar-refractivity contribution in [2.45, 2.75) is 13.3 Å². The predicted molar refractivity (Wildman–Crippen MR) is 38.8 cm³/mol. The van der Waals surface area contributed by atoms with Crippen LogP contribution in [0.3, 0.4) is 0 Å². The van der Waals surface area contributed by atoms with Crippen LogP contribution in [0.15, 0.2) is 37.0 Å². The van der Waals surface area contributed by atoms with Crippen LogP contribution in [0.2, 0.25) is 0 Å². The molecule has 0 aliphatic heterocycles. The minimum atomic E-state index is 0.937. The summed E-state index contributed by atoms with van der Waals surface area (Å²) >= 11 is 0. The molecule has 0 bridgehead atoms. The Balaban J connectivity index is 3.34. The van der Waals surface area contributed by atoms with Crippen LogP contribution in [0.25, 0.3) is 0 Å². The summed E-state index contributed by atoms with van der Waals surface area (Å²) in [6.07, 6.45) is 6.82. The molecule has 0 N–H and O–H groups in total. The first kappa shape index (κ1) is 7.22. The first-order chi connectivity index (χ1) is 3.77. The molecule has 0 saturated heterocycles. The second kappa shape index (κ2) is 4.38. The third kappa shape index (κ3) is 5.22. The number of allylic oxidation sites excluding steroid dienone is 4. The average molecular weight is 108 g/mol. The van der Waals surface area contributed by atoms with Crippen molar-refractivity contribution >= 4 is 0 Å². The molecule has 0 heteroatoms. The van der Waals surface area contributed by atoms with Crippen molar-refractivity contribution in [1.29, 1.82) is 0 Å². The monoisotopic (exact) mass is 108 g/mol. The minimum Gasteiger partial charge on any atom is -0.103 e. The van der Waals surface area contributed by atoms with Crippen LogP contribution >= 0.6 is 0 Å². The topological polar surface area (TPSA) is 0 Å². The Hall–Kier alpha value is -0.780. The summed E-state index contributed by atoms with van der Waals surface area (Å²) < 4.78 is 0. The largest absolute Gasteiger partial charge is 0.103 e. The van der Waals surface area contributed by atoms with E-state index < -0.39 is 0 Å². The molecule has 0 aliphatic rings. The fourth-order valence-corrected chi connectivity index (χ4v) is 0.365. The molecule has 0 aromatic carbocycles. The lowest BCUT2D eigenvalue weighted by Gasteiger charge is -1.81. The van der Waals surface area contributed by atoms with Gasteiger partial charge in [0.05, 0.1) is 0 Å². The molecular formula is C8H12. The van der Waals surface area contributed by atoms with Crippen LogP contribution in [0.4, 0.5) is 0 Å². The van der Waals surface area contributed by atoms with Crippen molar-refractivity contribution in [1.82, 2.24) is 0 Å². The van der Waals surface area contributed by atoms with E-state index in [1.807, 2.05) is 25.2 Å². The van der Waals surface area contributed by atoms with Crippen molar-refractivity contribution in [2.24, 2.45) is 0 Å². The van der Waals surface area contributed by atoms with E-state index >= 15 is 0 Å². The molecule has 0 nitrogen and oxygen atoms in total. The highest BCUT2D eigenvalue weighted by Crippen LogP contribution is 1.90. The van der Waals surface area contributed by atoms with Crippen molar-refractivity contribution in [3.05, 3.63) is 37.0 Å². The highest BCUT2D eigenvalue weighted by Gasteiger charge is 1.69. The van der Waals surface area contributed by atoms with E-state index in [0.29, 0.717) is 0 Å². The summed E-state index contributed by atoms with van der Waals surface area (Å²) in [5.74, 6) is 0. The average Bonchev–Trinajstić information content (AvgIpc) is 1.66. The molecule has 0 spiro atoms. The minimum absolute atomic E-state index is 0.937. The summed E-state index contributed by atoms with van der Waals surface area (Å²) in [5, 5.41) is 0. The summed E-state index contributed by atoms with van der Waals surface area (Å²) in [7, 11) is 0. The Morgan fingerprint density at radius 3 is 2.62 bits per heavy atom. The van der Waals surface area contributed by atoms with E-state index in [0.717, 1.165) is 12.0 Å². The van der Waals surface area contributed by atoms with Crippen LogP contribution in [0.1, 0.15) is 13.3 Å². The maximum absolute atomic E-state index is 3.71. The smallest absolute Gasteiger partial charge is 0.0169 e. The zero-order valence-electron chi connectivity index (χ0n) is 5.35. The lowest BCUT2D eigenvalue weighted by atomic mass is 10.3. The van der Waals surface area contributed by atoms with Crippen LogP contribution < -0.4 is 0 Å². The van der Waals surface area contributed by atoms with Gasteiger partial charge in [-0.25, -0.2) is 0 Å². The van der Waals surface area contributed by atoms with Gasteiger partial charge in [-0.1, -0.05) is 30.4 Å². The molecule has 44 valence electrons. The molecular weight excluding hydrogens is 96.1 g/mol. The molecule has 0 radical (unpaired) electrons. The van der Waals surface area contributed by atoms with E-state index in [2.05, 4.69) is 13.2 Å². The Morgan fingerprint density at radius 2 is 2.25 bits per heavy atom. The quantitative estimate of drug-likeness (QED) is 0.385.